The van der Waals surface area contributed by atoms with Gasteiger partial charge in [0.25, 0.3) is 5.69 Å². The fraction of sp³-hybridized carbons (Fsp3) is 0.105. The second kappa shape index (κ2) is 6.01. The van der Waals surface area contributed by atoms with Gasteiger partial charge in [0, 0.05) is 6.07 Å². The Morgan fingerprint density at radius 2 is 1.87 bits per heavy atom. The molecule has 1 aromatic heterocycles. The molecule has 23 heavy (non-hydrogen) atoms. The summed E-state index contributed by atoms with van der Waals surface area (Å²) in [5, 5.41) is 11.6. The fourth-order valence-corrected chi connectivity index (χ4v) is 2.52. The van der Waals surface area contributed by atoms with Gasteiger partial charge >= 0.3 is 0 Å². The number of rotatable bonds is 3. The molecule has 0 spiro atoms. The van der Waals surface area contributed by atoms with Gasteiger partial charge in [0.2, 0.25) is 0 Å². The minimum Gasteiger partial charge on any atom is -0.258 e. The minimum atomic E-state index is -0.379. The monoisotopic (exact) mass is 304 g/mol. The molecule has 0 fully saturated rings. The predicted molar refractivity (Wildman–Crippen MR) is 93.2 cm³/mol. The van der Waals surface area contributed by atoms with Crippen LogP contribution >= 0.6 is 0 Å². The average molecular weight is 304 g/mol. The topological polar surface area (TPSA) is 56.0 Å². The Morgan fingerprint density at radius 1 is 1.04 bits per heavy atom. The maximum absolute atomic E-state index is 11.0. The van der Waals surface area contributed by atoms with E-state index in [2.05, 4.69) is 37.0 Å². The van der Waals surface area contributed by atoms with Crippen molar-refractivity contribution in [2.75, 3.05) is 0 Å². The van der Waals surface area contributed by atoms with Crippen LogP contribution in [0.5, 0.6) is 0 Å². The third-order valence-electron chi connectivity index (χ3n) is 3.80. The smallest absolute Gasteiger partial charge is 0.258 e. The minimum absolute atomic E-state index is 0.0834. The molecule has 0 saturated carbocycles. The zero-order valence-electron chi connectivity index (χ0n) is 13.0. The molecule has 114 valence electrons. The molecule has 0 radical (unpaired) electrons. The number of nitro groups is 1. The molecule has 0 amide bonds. The van der Waals surface area contributed by atoms with E-state index in [0.29, 0.717) is 10.9 Å². The molecule has 0 unspecified atom stereocenters. The molecule has 3 aromatic rings. The van der Waals surface area contributed by atoms with Crippen LogP contribution in [0.1, 0.15) is 22.4 Å². The summed E-state index contributed by atoms with van der Waals surface area (Å²) >= 11 is 0. The summed E-state index contributed by atoms with van der Waals surface area (Å²) in [4.78, 5) is 15.2. The first-order valence-electron chi connectivity index (χ1n) is 7.34. The van der Waals surface area contributed by atoms with Crippen molar-refractivity contribution < 1.29 is 4.92 Å². The SMILES string of the molecule is Cc1ccc(C)c(/C=C/c2ccc3c([N+](=O)[O-])cccc3n2)c1. The Bertz CT molecular complexity index is 930. The van der Waals surface area contributed by atoms with Gasteiger partial charge in [0.1, 0.15) is 0 Å². The molecular weight excluding hydrogens is 288 g/mol. The second-order valence-corrected chi connectivity index (χ2v) is 5.53. The molecule has 0 N–H and O–H groups in total. The molecule has 0 aliphatic heterocycles. The van der Waals surface area contributed by atoms with Crippen molar-refractivity contribution in [3.05, 3.63) is 81.0 Å². The molecule has 4 heteroatoms. The molecule has 0 aliphatic carbocycles. The van der Waals surface area contributed by atoms with Crippen LogP contribution in [-0.2, 0) is 0 Å². The molecular formula is C19H16N2O2. The third-order valence-corrected chi connectivity index (χ3v) is 3.80. The summed E-state index contributed by atoms with van der Waals surface area (Å²) in [6, 6.07) is 14.8. The largest absolute Gasteiger partial charge is 0.278 e. The lowest BCUT2D eigenvalue weighted by molar-refractivity contribution is -0.383. The number of pyridine rings is 1. The number of hydrogen-bond donors (Lipinski definition) is 0. The van der Waals surface area contributed by atoms with Crippen molar-refractivity contribution in [3.8, 4) is 0 Å². The number of benzene rings is 2. The second-order valence-electron chi connectivity index (χ2n) is 5.53. The van der Waals surface area contributed by atoms with Gasteiger partial charge in [-0.05, 0) is 49.2 Å². The lowest BCUT2D eigenvalue weighted by atomic mass is 10.0. The molecule has 1 heterocycles. The number of nitro benzene ring substituents is 1. The highest BCUT2D eigenvalue weighted by atomic mass is 16.6. The Morgan fingerprint density at radius 3 is 2.65 bits per heavy atom. The lowest BCUT2D eigenvalue weighted by Gasteiger charge is -2.03. The molecule has 0 aliphatic rings. The van der Waals surface area contributed by atoms with Crippen LogP contribution < -0.4 is 0 Å². The first-order valence-corrected chi connectivity index (χ1v) is 7.34. The summed E-state index contributed by atoms with van der Waals surface area (Å²) in [5.74, 6) is 0. The van der Waals surface area contributed by atoms with Gasteiger partial charge in [-0.1, -0.05) is 35.9 Å². The zero-order valence-corrected chi connectivity index (χ0v) is 13.0. The van der Waals surface area contributed by atoms with E-state index in [1.807, 2.05) is 12.2 Å². The van der Waals surface area contributed by atoms with Gasteiger partial charge in [-0.2, -0.15) is 0 Å². The van der Waals surface area contributed by atoms with Crippen LogP contribution in [0, 0.1) is 24.0 Å². The quantitative estimate of drug-likeness (QED) is 0.509. The summed E-state index contributed by atoms with van der Waals surface area (Å²) in [6.07, 6.45) is 3.95. The van der Waals surface area contributed by atoms with Gasteiger partial charge < -0.3 is 0 Å². The summed E-state index contributed by atoms with van der Waals surface area (Å²) < 4.78 is 0. The van der Waals surface area contributed by atoms with Crippen LogP contribution in [0.25, 0.3) is 23.1 Å². The summed E-state index contributed by atoms with van der Waals surface area (Å²) in [6.45, 7) is 4.13. The van der Waals surface area contributed by atoms with E-state index in [1.165, 1.54) is 17.2 Å². The number of hydrogen-bond acceptors (Lipinski definition) is 3. The van der Waals surface area contributed by atoms with Crippen molar-refractivity contribution in [1.29, 1.82) is 0 Å². The standard InChI is InChI=1S/C19H16N2O2/c1-13-6-7-14(2)15(12-13)8-9-16-10-11-17-18(20-16)4-3-5-19(17)21(22)23/h3-12H,1-2H3/b9-8+. The van der Waals surface area contributed by atoms with Gasteiger partial charge in [0.15, 0.2) is 0 Å². The number of nitrogens with zero attached hydrogens (tertiary/aromatic N) is 2. The lowest BCUT2D eigenvalue weighted by Crippen LogP contribution is -1.91. The van der Waals surface area contributed by atoms with Crippen LogP contribution in [-0.4, -0.2) is 9.91 Å². The molecule has 2 aromatic carbocycles. The Balaban J connectivity index is 2.00. The maximum atomic E-state index is 11.0. The molecule has 0 saturated heterocycles. The maximum Gasteiger partial charge on any atom is 0.278 e. The van der Waals surface area contributed by atoms with E-state index in [1.54, 1.807) is 24.3 Å². The van der Waals surface area contributed by atoms with Crippen molar-refractivity contribution in [1.82, 2.24) is 4.98 Å². The zero-order chi connectivity index (χ0) is 16.4. The predicted octanol–water partition coefficient (Wildman–Crippen LogP) is 4.93. The number of aromatic nitrogens is 1. The van der Waals surface area contributed by atoms with E-state index >= 15 is 0 Å². The van der Waals surface area contributed by atoms with E-state index in [-0.39, 0.29) is 10.6 Å². The fourth-order valence-electron chi connectivity index (χ4n) is 2.52. The molecule has 0 bridgehead atoms. The molecule has 4 nitrogen and oxygen atoms in total. The third kappa shape index (κ3) is 3.11. The Kier molecular flexibility index (Phi) is 3.89. The number of fused-ring (bicyclic) bond motifs is 1. The summed E-state index contributed by atoms with van der Waals surface area (Å²) in [7, 11) is 0. The number of non-ortho nitro benzene ring substituents is 1. The number of aryl methyl sites for hydroxylation is 2. The van der Waals surface area contributed by atoms with E-state index < -0.39 is 0 Å². The van der Waals surface area contributed by atoms with Crippen LogP contribution in [0.15, 0.2) is 48.5 Å². The van der Waals surface area contributed by atoms with E-state index in [9.17, 15) is 10.1 Å². The van der Waals surface area contributed by atoms with Crippen molar-refractivity contribution in [2.45, 2.75) is 13.8 Å². The summed E-state index contributed by atoms with van der Waals surface area (Å²) in [5.41, 5.74) is 5.04. The Labute approximate surface area is 134 Å². The van der Waals surface area contributed by atoms with Crippen molar-refractivity contribution >= 4 is 28.7 Å². The van der Waals surface area contributed by atoms with Gasteiger partial charge in [0.05, 0.1) is 21.5 Å². The van der Waals surface area contributed by atoms with Gasteiger partial charge in [-0.25, -0.2) is 4.98 Å². The highest BCUT2D eigenvalue weighted by Gasteiger charge is 2.11. The highest BCUT2D eigenvalue weighted by molar-refractivity contribution is 5.89. The van der Waals surface area contributed by atoms with E-state index in [4.69, 9.17) is 0 Å². The van der Waals surface area contributed by atoms with Crippen molar-refractivity contribution in [3.63, 3.8) is 0 Å². The van der Waals surface area contributed by atoms with Gasteiger partial charge in [-0.15, -0.1) is 0 Å². The molecule has 0 atom stereocenters. The van der Waals surface area contributed by atoms with Crippen LogP contribution in [0.3, 0.4) is 0 Å². The highest BCUT2D eigenvalue weighted by Crippen LogP contribution is 2.24. The van der Waals surface area contributed by atoms with E-state index in [0.717, 1.165) is 11.3 Å². The first-order chi connectivity index (χ1) is 11.0. The molecule has 3 rings (SSSR count). The average Bonchev–Trinajstić information content (AvgIpc) is 2.54. The van der Waals surface area contributed by atoms with Crippen LogP contribution in [0.2, 0.25) is 0 Å². The first kappa shape index (κ1) is 14.9. The Hall–Kier alpha value is -3.01. The van der Waals surface area contributed by atoms with Gasteiger partial charge in [-0.3, -0.25) is 10.1 Å². The normalized spacial score (nSPS) is 11.2. The van der Waals surface area contributed by atoms with Crippen molar-refractivity contribution in [2.24, 2.45) is 0 Å². The van der Waals surface area contributed by atoms with Crippen LogP contribution in [0.4, 0.5) is 5.69 Å².